The fraction of sp³-hybridized carbons (Fsp3) is 0.286. The summed E-state index contributed by atoms with van der Waals surface area (Å²) in [5.41, 5.74) is 1.58. The molecular formula is C21H21N4O5S. The highest BCUT2D eigenvalue weighted by molar-refractivity contribution is 7.10. The average molecular weight is 441 g/mol. The summed E-state index contributed by atoms with van der Waals surface area (Å²) in [5, 5.41) is 7.10. The highest BCUT2D eigenvalue weighted by Gasteiger charge is 2.35. The fourth-order valence-electron chi connectivity index (χ4n) is 3.16. The number of nitrogens with one attached hydrogen (secondary N) is 2. The average Bonchev–Trinajstić information content (AvgIpc) is 3.17. The van der Waals surface area contributed by atoms with Gasteiger partial charge >= 0.3 is 17.8 Å². The van der Waals surface area contributed by atoms with Crippen molar-refractivity contribution in [2.75, 3.05) is 30.3 Å². The molecule has 3 rings (SSSR count). The monoisotopic (exact) mass is 441 g/mol. The normalized spacial score (nSPS) is 13.8. The lowest BCUT2D eigenvalue weighted by molar-refractivity contribution is -0.153. The van der Waals surface area contributed by atoms with E-state index in [0.717, 1.165) is 4.90 Å². The van der Waals surface area contributed by atoms with E-state index in [0.29, 0.717) is 28.4 Å². The van der Waals surface area contributed by atoms with Crippen LogP contribution < -0.4 is 10.6 Å². The van der Waals surface area contributed by atoms with Crippen molar-refractivity contribution in [1.29, 1.82) is 0 Å². The number of piperazine rings is 1. The van der Waals surface area contributed by atoms with Crippen LogP contribution in [0.25, 0.3) is 0 Å². The number of anilines is 2. The second kappa shape index (κ2) is 9.98. The molecule has 2 N–H and O–H groups in total. The summed E-state index contributed by atoms with van der Waals surface area (Å²) < 4.78 is 0. The smallest absolute Gasteiger partial charge is 0.329 e. The Kier molecular flexibility index (Phi) is 7.14. The number of carbonyl (C=O) groups excluding carboxylic acids is 5. The van der Waals surface area contributed by atoms with E-state index in [4.69, 9.17) is 0 Å². The SMILES string of the molecule is CCN1CCN(C(=O)Nc2ccsc2CC(=O)Nc2ccccc2C[C]=O)C(=O)C1=O. The number of thiophene rings is 1. The number of amides is 5. The second-order valence-corrected chi connectivity index (χ2v) is 7.73. The van der Waals surface area contributed by atoms with Gasteiger partial charge in [0.15, 0.2) is 0 Å². The first-order valence-corrected chi connectivity index (χ1v) is 10.5. The Labute approximate surface area is 183 Å². The Bertz CT molecular complexity index is 1020. The first kappa shape index (κ1) is 22.2. The van der Waals surface area contributed by atoms with Gasteiger partial charge in [-0.3, -0.25) is 24.1 Å². The van der Waals surface area contributed by atoms with E-state index in [1.807, 2.05) is 6.29 Å². The summed E-state index contributed by atoms with van der Waals surface area (Å²) >= 11 is 1.28. The summed E-state index contributed by atoms with van der Waals surface area (Å²) in [6.45, 7) is 2.55. The molecule has 0 unspecified atom stereocenters. The molecule has 0 aliphatic carbocycles. The molecule has 0 atom stereocenters. The maximum absolute atomic E-state index is 12.6. The molecule has 1 aromatic carbocycles. The van der Waals surface area contributed by atoms with Crippen LogP contribution in [0.15, 0.2) is 35.7 Å². The predicted octanol–water partition coefficient (Wildman–Crippen LogP) is 1.80. The van der Waals surface area contributed by atoms with Crippen LogP contribution in [0.2, 0.25) is 0 Å². The van der Waals surface area contributed by atoms with Gasteiger partial charge in [0.05, 0.1) is 12.1 Å². The molecule has 1 saturated heterocycles. The zero-order valence-electron chi connectivity index (χ0n) is 16.8. The molecule has 0 spiro atoms. The van der Waals surface area contributed by atoms with E-state index in [9.17, 15) is 24.0 Å². The van der Waals surface area contributed by atoms with Gasteiger partial charge in [-0.1, -0.05) is 18.2 Å². The minimum Gasteiger partial charge on any atom is -0.333 e. The predicted molar refractivity (Wildman–Crippen MR) is 115 cm³/mol. The molecule has 1 aromatic heterocycles. The van der Waals surface area contributed by atoms with Crippen LogP contribution in [-0.4, -0.2) is 59.5 Å². The van der Waals surface area contributed by atoms with Crippen LogP contribution in [0.3, 0.4) is 0 Å². The first-order chi connectivity index (χ1) is 14.9. The van der Waals surface area contributed by atoms with Crippen LogP contribution in [0.1, 0.15) is 17.4 Å². The van der Waals surface area contributed by atoms with Crippen molar-refractivity contribution in [2.45, 2.75) is 19.8 Å². The Morgan fingerprint density at radius 3 is 2.58 bits per heavy atom. The van der Waals surface area contributed by atoms with E-state index in [2.05, 4.69) is 10.6 Å². The third-order valence-corrected chi connectivity index (χ3v) is 5.72. The number of benzene rings is 1. The standard InChI is InChI=1S/C21H21N4O5S/c1-2-24-9-10-25(20(29)19(24)28)21(30)23-16-8-12-31-17(16)13-18(27)22-15-6-4-3-5-14(15)7-11-26/h3-6,8,12H,2,7,9-10,13H2,1H3,(H,22,27)(H,23,30). The van der Waals surface area contributed by atoms with Crippen molar-refractivity contribution < 1.29 is 24.0 Å². The van der Waals surface area contributed by atoms with E-state index in [-0.39, 0.29) is 31.8 Å². The number of para-hydroxylation sites is 1. The largest absolute Gasteiger partial charge is 0.333 e. The van der Waals surface area contributed by atoms with Crippen LogP contribution in [0.4, 0.5) is 16.2 Å². The molecule has 161 valence electrons. The molecular weight excluding hydrogens is 420 g/mol. The van der Waals surface area contributed by atoms with E-state index < -0.39 is 17.8 Å². The molecule has 10 heteroatoms. The summed E-state index contributed by atoms with van der Waals surface area (Å²) in [4.78, 5) is 62.8. The second-order valence-electron chi connectivity index (χ2n) is 6.73. The molecule has 0 saturated carbocycles. The van der Waals surface area contributed by atoms with Crippen molar-refractivity contribution in [2.24, 2.45) is 0 Å². The van der Waals surface area contributed by atoms with Crippen LogP contribution in [0, 0.1) is 0 Å². The molecule has 1 aliphatic heterocycles. The Hall–Kier alpha value is -3.53. The quantitative estimate of drug-likeness (QED) is 0.636. The van der Waals surface area contributed by atoms with Gasteiger partial charge in [-0.2, -0.15) is 0 Å². The van der Waals surface area contributed by atoms with Gasteiger partial charge in [-0.25, -0.2) is 4.79 Å². The summed E-state index contributed by atoms with van der Waals surface area (Å²) in [7, 11) is 0. The van der Waals surface area contributed by atoms with Gasteiger partial charge in [0.25, 0.3) is 0 Å². The van der Waals surface area contributed by atoms with Crippen LogP contribution in [0.5, 0.6) is 0 Å². The van der Waals surface area contributed by atoms with Crippen molar-refractivity contribution in [3.63, 3.8) is 0 Å². The highest BCUT2D eigenvalue weighted by Crippen LogP contribution is 2.24. The summed E-state index contributed by atoms with van der Waals surface area (Å²) in [6, 6.07) is 7.86. The Morgan fingerprint density at radius 2 is 1.84 bits per heavy atom. The molecule has 31 heavy (non-hydrogen) atoms. The van der Waals surface area contributed by atoms with Gasteiger partial charge < -0.3 is 15.5 Å². The zero-order valence-corrected chi connectivity index (χ0v) is 17.7. The number of carbonyl (C=O) groups is 4. The van der Waals surface area contributed by atoms with Crippen molar-refractivity contribution in [1.82, 2.24) is 9.80 Å². The van der Waals surface area contributed by atoms with Gasteiger partial charge in [0.1, 0.15) is 0 Å². The molecule has 1 fully saturated rings. The fourth-order valence-corrected chi connectivity index (χ4v) is 3.98. The van der Waals surface area contributed by atoms with Crippen molar-refractivity contribution in [3.05, 3.63) is 46.2 Å². The lowest BCUT2D eigenvalue weighted by Gasteiger charge is -2.31. The maximum atomic E-state index is 12.6. The number of rotatable bonds is 7. The first-order valence-electron chi connectivity index (χ1n) is 9.65. The molecule has 5 amide bonds. The number of hydrogen-bond acceptors (Lipinski definition) is 6. The van der Waals surface area contributed by atoms with Gasteiger partial charge in [0.2, 0.25) is 12.2 Å². The molecule has 2 aromatic rings. The van der Waals surface area contributed by atoms with Crippen molar-refractivity contribution in [3.8, 4) is 0 Å². The van der Waals surface area contributed by atoms with Crippen LogP contribution >= 0.6 is 11.3 Å². The number of imide groups is 1. The maximum Gasteiger partial charge on any atom is 0.329 e. The molecule has 9 nitrogen and oxygen atoms in total. The Balaban J connectivity index is 1.64. The van der Waals surface area contributed by atoms with Gasteiger partial charge in [-0.05, 0) is 30.0 Å². The molecule has 1 radical (unpaired) electrons. The third-order valence-electron chi connectivity index (χ3n) is 4.80. The number of hydrogen-bond donors (Lipinski definition) is 2. The van der Waals surface area contributed by atoms with E-state index in [1.165, 1.54) is 16.2 Å². The molecule has 1 aliphatic rings. The third kappa shape index (κ3) is 5.15. The Morgan fingerprint density at radius 1 is 1.06 bits per heavy atom. The minimum atomic E-state index is -0.872. The minimum absolute atomic E-state index is 0.0110. The zero-order chi connectivity index (χ0) is 22.4. The lowest BCUT2D eigenvalue weighted by Crippen LogP contribution is -2.56. The lowest BCUT2D eigenvalue weighted by atomic mass is 10.1. The van der Waals surface area contributed by atoms with Gasteiger partial charge in [-0.15, -0.1) is 11.3 Å². The molecule has 0 bridgehead atoms. The van der Waals surface area contributed by atoms with E-state index >= 15 is 0 Å². The summed E-state index contributed by atoms with van der Waals surface area (Å²) in [5.74, 6) is -1.90. The number of likely N-dealkylation sites (N-methyl/N-ethyl adjacent to an activating group) is 1. The van der Waals surface area contributed by atoms with Crippen LogP contribution in [-0.2, 0) is 32.0 Å². The number of nitrogens with zero attached hydrogens (tertiary/aromatic N) is 2. The van der Waals surface area contributed by atoms with Crippen molar-refractivity contribution >= 4 is 52.8 Å². The van der Waals surface area contributed by atoms with E-state index in [1.54, 1.807) is 42.6 Å². The highest BCUT2D eigenvalue weighted by atomic mass is 32.1. The topological polar surface area (TPSA) is 116 Å². The molecule has 2 heterocycles. The number of urea groups is 1. The van der Waals surface area contributed by atoms with Gasteiger partial charge in [0, 0.05) is 36.6 Å². The summed E-state index contributed by atoms with van der Waals surface area (Å²) in [6.07, 6.45) is 1.87.